The molecule has 0 bridgehead atoms. The van der Waals surface area contributed by atoms with Crippen LogP contribution in [0.1, 0.15) is 31.9 Å². The van der Waals surface area contributed by atoms with Crippen molar-refractivity contribution < 1.29 is 5.11 Å². The van der Waals surface area contributed by atoms with Gasteiger partial charge in [0, 0.05) is 16.1 Å². The lowest BCUT2D eigenvalue weighted by molar-refractivity contribution is 0.445. The Kier molecular flexibility index (Phi) is 4.44. The summed E-state index contributed by atoms with van der Waals surface area (Å²) in [5, 5.41) is 10.1. The van der Waals surface area contributed by atoms with E-state index in [1.807, 2.05) is 6.07 Å². The molecule has 0 spiro atoms. The molecule has 0 amide bonds. The van der Waals surface area contributed by atoms with E-state index in [1.54, 1.807) is 6.07 Å². The van der Waals surface area contributed by atoms with Crippen LogP contribution >= 0.6 is 27.5 Å². The van der Waals surface area contributed by atoms with Crippen molar-refractivity contribution in [1.29, 1.82) is 0 Å². The number of hydrogen-bond acceptors (Lipinski definition) is 2. The molecule has 0 aromatic heterocycles. The molecule has 0 saturated carbocycles. The molecule has 1 aromatic carbocycles. The second kappa shape index (κ2) is 5.19. The van der Waals surface area contributed by atoms with E-state index < -0.39 is 0 Å². The molecule has 0 radical (unpaired) electrons. The van der Waals surface area contributed by atoms with E-state index in [1.165, 1.54) is 0 Å². The Labute approximate surface area is 104 Å². The van der Waals surface area contributed by atoms with E-state index in [4.69, 9.17) is 17.3 Å². The molecule has 84 valence electrons. The van der Waals surface area contributed by atoms with Gasteiger partial charge in [-0.3, -0.25) is 0 Å². The summed E-state index contributed by atoms with van der Waals surface area (Å²) in [6.45, 7) is 4.19. The highest BCUT2D eigenvalue weighted by atomic mass is 79.9. The van der Waals surface area contributed by atoms with Gasteiger partial charge < -0.3 is 10.8 Å². The number of nitrogens with two attached hydrogens (primary N) is 1. The molecule has 0 aliphatic carbocycles. The zero-order valence-electron chi connectivity index (χ0n) is 8.80. The van der Waals surface area contributed by atoms with Crippen LogP contribution in [-0.4, -0.2) is 5.11 Å². The fourth-order valence-corrected chi connectivity index (χ4v) is 2.34. The molecule has 0 heterocycles. The monoisotopic (exact) mass is 291 g/mol. The zero-order valence-corrected chi connectivity index (χ0v) is 11.1. The molecule has 0 fully saturated rings. The first-order valence-electron chi connectivity index (χ1n) is 4.85. The van der Waals surface area contributed by atoms with Crippen LogP contribution in [0.4, 0.5) is 0 Å². The predicted molar refractivity (Wildman–Crippen MR) is 67.2 cm³/mol. The standard InChI is InChI=1S/C11H15BrClNO/c1-6(2)3-10(14)8-4-7(12)5-9(13)11(8)15/h4-6,10,15H,3,14H2,1-2H3. The Morgan fingerprint density at radius 3 is 2.60 bits per heavy atom. The van der Waals surface area contributed by atoms with Crippen molar-refractivity contribution in [1.82, 2.24) is 0 Å². The normalized spacial score (nSPS) is 13.2. The lowest BCUT2D eigenvalue weighted by Crippen LogP contribution is -2.13. The lowest BCUT2D eigenvalue weighted by atomic mass is 9.97. The number of halogens is 2. The van der Waals surface area contributed by atoms with Crippen molar-refractivity contribution in [3.05, 3.63) is 27.2 Å². The Morgan fingerprint density at radius 2 is 2.07 bits per heavy atom. The van der Waals surface area contributed by atoms with E-state index in [9.17, 15) is 5.11 Å². The highest BCUT2D eigenvalue weighted by Crippen LogP contribution is 2.35. The number of aromatic hydroxyl groups is 1. The first-order chi connectivity index (χ1) is 6.91. The smallest absolute Gasteiger partial charge is 0.139 e. The van der Waals surface area contributed by atoms with Gasteiger partial charge in [-0.2, -0.15) is 0 Å². The molecule has 0 aliphatic rings. The lowest BCUT2D eigenvalue weighted by Gasteiger charge is -2.16. The topological polar surface area (TPSA) is 46.2 Å². The SMILES string of the molecule is CC(C)CC(N)c1cc(Br)cc(Cl)c1O. The third-order valence-corrected chi connectivity index (χ3v) is 2.93. The quantitative estimate of drug-likeness (QED) is 0.889. The molecule has 1 atom stereocenters. The van der Waals surface area contributed by atoms with Gasteiger partial charge in [0.2, 0.25) is 0 Å². The zero-order chi connectivity index (χ0) is 11.6. The summed E-state index contributed by atoms with van der Waals surface area (Å²) in [4.78, 5) is 0. The maximum absolute atomic E-state index is 9.77. The van der Waals surface area contributed by atoms with Crippen LogP contribution in [0.25, 0.3) is 0 Å². The van der Waals surface area contributed by atoms with Crippen molar-refractivity contribution >= 4 is 27.5 Å². The van der Waals surface area contributed by atoms with Crippen LogP contribution in [0, 0.1) is 5.92 Å². The Balaban J connectivity index is 3.02. The van der Waals surface area contributed by atoms with Gasteiger partial charge in [-0.15, -0.1) is 0 Å². The molecule has 3 N–H and O–H groups in total. The predicted octanol–water partition coefficient (Wildman–Crippen LogP) is 3.85. The van der Waals surface area contributed by atoms with Gasteiger partial charge in [-0.1, -0.05) is 41.4 Å². The molecule has 1 unspecified atom stereocenters. The maximum atomic E-state index is 9.77. The van der Waals surface area contributed by atoms with Gasteiger partial charge in [-0.25, -0.2) is 0 Å². The van der Waals surface area contributed by atoms with E-state index in [0.29, 0.717) is 16.5 Å². The van der Waals surface area contributed by atoms with Crippen molar-refractivity contribution in [2.45, 2.75) is 26.3 Å². The van der Waals surface area contributed by atoms with E-state index in [2.05, 4.69) is 29.8 Å². The number of phenols is 1. The van der Waals surface area contributed by atoms with Crippen molar-refractivity contribution in [2.75, 3.05) is 0 Å². The van der Waals surface area contributed by atoms with Gasteiger partial charge in [-0.05, 0) is 24.5 Å². The summed E-state index contributed by atoms with van der Waals surface area (Å²) >= 11 is 9.19. The number of benzene rings is 1. The van der Waals surface area contributed by atoms with Crippen LogP contribution in [0.5, 0.6) is 5.75 Å². The minimum Gasteiger partial charge on any atom is -0.506 e. The number of rotatable bonds is 3. The van der Waals surface area contributed by atoms with Gasteiger partial charge in [0.25, 0.3) is 0 Å². The third kappa shape index (κ3) is 3.37. The molecular formula is C11H15BrClNO. The summed E-state index contributed by atoms with van der Waals surface area (Å²) < 4.78 is 0.833. The minimum atomic E-state index is -0.181. The molecule has 15 heavy (non-hydrogen) atoms. The Hall–Kier alpha value is -0.250. The molecule has 0 aliphatic heterocycles. The van der Waals surface area contributed by atoms with Gasteiger partial charge in [0.1, 0.15) is 5.75 Å². The van der Waals surface area contributed by atoms with Gasteiger partial charge >= 0.3 is 0 Å². The summed E-state index contributed by atoms with van der Waals surface area (Å²) in [5.74, 6) is 0.574. The average Bonchev–Trinajstić information content (AvgIpc) is 2.09. The van der Waals surface area contributed by atoms with Crippen molar-refractivity contribution in [3.63, 3.8) is 0 Å². The first-order valence-corrected chi connectivity index (χ1v) is 6.02. The van der Waals surface area contributed by atoms with E-state index in [0.717, 1.165) is 10.9 Å². The molecular weight excluding hydrogens is 277 g/mol. The first kappa shape index (κ1) is 12.8. The fraction of sp³-hybridized carbons (Fsp3) is 0.455. The number of phenolic OH excluding ortho intramolecular Hbond substituents is 1. The van der Waals surface area contributed by atoms with E-state index >= 15 is 0 Å². The molecule has 1 aromatic rings. The van der Waals surface area contributed by atoms with Crippen molar-refractivity contribution in [2.24, 2.45) is 11.7 Å². The Bertz CT molecular complexity index is 355. The van der Waals surface area contributed by atoms with Crippen LogP contribution in [0.2, 0.25) is 5.02 Å². The molecule has 1 rings (SSSR count). The van der Waals surface area contributed by atoms with Crippen LogP contribution in [0.3, 0.4) is 0 Å². The van der Waals surface area contributed by atoms with Crippen LogP contribution < -0.4 is 5.73 Å². The summed E-state index contributed by atoms with van der Waals surface area (Å²) in [6.07, 6.45) is 0.820. The van der Waals surface area contributed by atoms with Crippen molar-refractivity contribution in [3.8, 4) is 5.75 Å². The summed E-state index contributed by atoms with van der Waals surface area (Å²) in [7, 11) is 0. The minimum absolute atomic E-state index is 0.0908. The largest absolute Gasteiger partial charge is 0.506 e. The van der Waals surface area contributed by atoms with Gasteiger partial charge in [0.15, 0.2) is 0 Å². The highest BCUT2D eigenvalue weighted by Gasteiger charge is 2.15. The average molecular weight is 293 g/mol. The molecule has 4 heteroatoms. The highest BCUT2D eigenvalue weighted by molar-refractivity contribution is 9.10. The second-order valence-electron chi connectivity index (χ2n) is 4.06. The maximum Gasteiger partial charge on any atom is 0.139 e. The van der Waals surface area contributed by atoms with Gasteiger partial charge in [0.05, 0.1) is 5.02 Å². The number of hydrogen-bond donors (Lipinski definition) is 2. The summed E-state index contributed by atoms with van der Waals surface area (Å²) in [6, 6.07) is 3.29. The summed E-state index contributed by atoms with van der Waals surface area (Å²) in [5.41, 5.74) is 6.69. The molecule has 0 saturated heterocycles. The second-order valence-corrected chi connectivity index (χ2v) is 5.38. The van der Waals surface area contributed by atoms with E-state index in [-0.39, 0.29) is 11.8 Å². The fourth-order valence-electron chi connectivity index (χ4n) is 1.50. The molecule has 2 nitrogen and oxygen atoms in total. The van der Waals surface area contributed by atoms with Crippen LogP contribution in [-0.2, 0) is 0 Å². The Morgan fingerprint density at radius 1 is 1.47 bits per heavy atom. The van der Waals surface area contributed by atoms with Crippen LogP contribution in [0.15, 0.2) is 16.6 Å². The third-order valence-electron chi connectivity index (χ3n) is 2.18.